The highest BCUT2D eigenvalue weighted by Crippen LogP contribution is 2.45. The van der Waals surface area contributed by atoms with Crippen LogP contribution in [0.15, 0.2) is 211 Å². The molecular formula is C54H34N4O. The number of para-hydroxylation sites is 2. The van der Waals surface area contributed by atoms with Crippen LogP contribution in [0.3, 0.4) is 0 Å². The molecule has 0 fully saturated rings. The van der Waals surface area contributed by atoms with E-state index in [0.717, 1.165) is 93.7 Å². The first-order chi connectivity index (χ1) is 29.3. The molecule has 0 aliphatic rings. The maximum absolute atomic E-state index is 6.97. The molecule has 5 heteroatoms. The molecular weight excluding hydrogens is 721 g/mol. The maximum atomic E-state index is 6.97. The van der Waals surface area contributed by atoms with Crippen LogP contribution < -0.4 is 4.90 Å². The van der Waals surface area contributed by atoms with E-state index in [9.17, 15) is 0 Å². The second-order valence-corrected chi connectivity index (χ2v) is 15.0. The zero-order valence-corrected chi connectivity index (χ0v) is 31.8. The third-order valence-corrected chi connectivity index (χ3v) is 11.6. The standard InChI is InChI=1S/C54H34N4O/c1-4-14-35(15-5-1)36-24-27-40(28-25-36)57(39-19-8-3-9-20-39)41-29-33-49-45(34-41)43-30-32-48-51(53(43)59-49)50-42-21-11-10-16-37(42)26-31-47(50)58(48)54-55-46-23-13-12-22-44(46)52(56-54)38-17-6-2-7-18-38/h1-34H. The number of anilines is 3. The Morgan fingerprint density at radius 2 is 1.02 bits per heavy atom. The normalized spacial score (nSPS) is 11.7. The average molecular weight is 755 g/mol. The minimum atomic E-state index is 0.618. The van der Waals surface area contributed by atoms with Gasteiger partial charge in [-0.15, -0.1) is 0 Å². The van der Waals surface area contributed by atoms with Gasteiger partial charge >= 0.3 is 0 Å². The van der Waals surface area contributed by atoms with Gasteiger partial charge in [0.2, 0.25) is 5.95 Å². The van der Waals surface area contributed by atoms with Gasteiger partial charge < -0.3 is 9.32 Å². The summed E-state index contributed by atoms with van der Waals surface area (Å²) < 4.78 is 9.19. The van der Waals surface area contributed by atoms with E-state index >= 15 is 0 Å². The van der Waals surface area contributed by atoms with E-state index in [1.165, 1.54) is 11.1 Å². The van der Waals surface area contributed by atoms with Gasteiger partial charge in [0.1, 0.15) is 11.2 Å². The fourth-order valence-corrected chi connectivity index (χ4v) is 8.88. The van der Waals surface area contributed by atoms with Gasteiger partial charge in [-0.1, -0.05) is 140 Å². The Morgan fingerprint density at radius 3 is 1.81 bits per heavy atom. The van der Waals surface area contributed by atoms with Crippen molar-refractivity contribution < 1.29 is 4.42 Å². The molecule has 0 unspecified atom stereocenters. The van der Waals surface area contributed by atoms with E-state index < -0.39 is 0 Å². The third kappa shape index (κ3) is 5.33. The van der Waals surface area contributed by atoms with Crippen LogP contribution in [0.4, 0.5) is 17.1 Å². The summed E-state index contributed by atoms with van der Waals surface area (Å²) in [7, 11) is 0. The van der Waals surface area contributed by atoms with Gasteiger partial charge in [0.05, 0.1) is 27.6 Å². The third-order valence-electron chi connectivity index (χ3n) is 11.6. The molecule has 0 saturated carbocycles. The highest BCUT2D eigenvalue weighted by atomic mass is 16.3. The van der Waals surface area contributed by atoms with Crippen molar-refractivity contribution in [1.82, 2.24) is 14.5 Å². The lowest BCUT2D eigenvalue weighted by Gasteiger charge is -2.25. The van der Waals surface area contributed by atoms with E-state index in [4.69, 9.17) is 14.4 Å². The molecule has 0 atom stereocenters. The van der Waals surface area contributed by atoms with Gasteiger partial charge in [-0.05, 0) is 88.6 Å². The van der Waals surface area contributed by atoms with Crippen molar-refractivity contribution in [2.24, 2.45) is 0 Å². The first-order valence-corrected chi connectivity index (χ1v) is 19.9. The van der Waals surface area contributed by atoms with Crippen molar-refractivity contribution in [1.29, 1.82) is 0 Å². The average Bonchev–Trinajstić information content (AvgIpc) is 3.86. The second-order valence-electron chi connectivity index (χ2n) is 15.0. The van der Waals surface area contributed by atoms with Crippen molar-refractivity contribution in [2.75, 3.05) is 4.90 Å². The van der Waals surface area contributed by atoms with Crippen LogP contribution in [-0.2, 0) is 0 Å². The zero-order chi connectivity index (χ0) is 38.9. The molecule has 12 rings (SSSR count). The zero-order valence-electron chi connectivity index (χ0n) is 31.8. The Morgan fingerprint density at radius 1 is 0.407 bits per heavy atom. The molecule has 12 aromatic rings. The van der Waals surface area contributed by atoms with E-state index in [-0.39, 0.29) is 0 Å². The summed E-state index contributed by atoms with van der Waals surface area (Å²) in [6, 6.07) is 72.4. The quantitative estimate of drug-likeness (QED) is 0.170. The van der Waals surface area contributed by atoms with E-state index in [1.807, 2.05) is 12.1 Å². The Bertz CT molecular complexity index is 3540. The summed E-state index contributed by atoms with van der Waals surface area (Å²) in [6.07, 6.45) is 0. The van der Waals surface area contributed by atoms with Crippen LogP contribution in [0.25, 0.3) is 93.8 Å². The van der Waals surface area contributed by atoms with Crippen LogP contribution in [-0.4, -0.2) is 14.5 Å². The van der Waals surface area contributed by atoms with Crippen LogP contribution in [0.1, 0.15) is 0 Å². The molecule has 59 heavy (non-hydrogen) atoms. The molecule has 0 N–H and O–H groups in total. The van der Waals surface area contributed by atoms with Gasteiger partial charge in [0.15, 0.2) is 0 Å². The van der Waals surface area contributed by atoms with Crippen molar-refractivity contribution in [2.45, 2.75) is 0 Å². The number of hydrogen-bond acceptors (Lipinski definition) is 4. The Hall–Kier alpha value is -8.02. The predicted octanol–water partition coefficient (Wildman–Crippen LogP) is 14.6. The summed E-state index contributed by atoms with van der Waals surface area (Å²) in [5, 5.41) is 7.60. The molecule has 0 aliphatic carbocycles. The summed E-state index contributed by atoms with van der Waals surface area (Å²) in [5.41, 5.74) is 12.1. The highest BCUT2D eigenvalue weighted by Gasteiger charge is 2.23. The van der Waals surface area contributed by atoms with Crippen molar-refractivity contribution in [3.8, 4) is 28.3 Å². The fraction of sp³-hybridized carbons (Fsp3) is 0. The molecule has 276 valence electrons. The lowest BCUT2D eigenvalue weighted by molar-refractivity contribution is 0.673. The van der Waals surface area contributed by atoms with Crippen LogP contribution in [0.5, 0.6) is 0 Å². The monoisotopic (exact) mass is 754 g/mol. The summed E-state index contributed by atoms with van der Waals surface area (Å²) in [4.78, 5) is 12.9. The van der Waals surface area contributed by atoms with Gasteiger partial charge in [0.25, 0.3) is 0 Å². The molecule has 0 saturated heterocycles. The van der Waals surface area contributed by atoms with E-state index in [0.29, 0.717) is 5.95 Å². The molecule has 0 radical (unpaired) electrons. The van der Waals surface area contributed by atoms with Crippen molar-refractivity contribution in [3.63, 3.8) is 0 Å². The smallest absolute Gasteiger partial charge is 0.235 e. The number of rotatable bonds is 6. The molecule has 0 bridgehead atoms. The topological polar surface area (TPSA) is 47.1 Å². The first kappa shape index (κ1) is 33.2. The Balaban J connectivity index is 1.10. The van der Waals surface area contributed by atoms with Gasteiger partial charge in [-0.2, -0.15) is 0 Å². The molecule has 3 aromatic heterocycles. The van der Waals surface area contributed by atoms with E-state index in [2.05, 4.69) is 204 Å². The molecule has 9 aromatic carbocycles. The van der Waals surface area contributed by atoms with Crippen molar-refractivity contribution in [3.05, 3.63) is 206 Å². The molecule has 5 nitrogen and oxygen atoms in total. The minimum Gasteiger partial charge on any atom is -0.455 e. The SMILES string of the molecule is c1ccc(-c2ccc(N(c3ccccc3)c3ccc4oc5c(ccc6c5c5c7ccccc7ccc5n6-c5nc(-c6ccccc6)c6ccccc6n5)c4c3)cc2)cc1. The molecule has 0 amide bonds. The van der Waals surface area contributed by atoms with Crippen LogP contribution >= 0.6 is 0 Å². The largest absolute Gasteiger partial charge is 0.455 e. The number of fused-ring (bicyclic) bond motifs is 10. The van der Waals surface area contributed by atoms with E-state index in [1.54, 1.807) is 0 Å². The maximum Gasteiger partial charge on any atom is 0.235 e. The number of aromatic nitrogens is 3. The Labute approximate surface area is 339 Å². The number of nitrogens with zero attached hydrogens (tertiary/aromatic N) is 4. The minimum absolute atomic E-state index is 0.618. The molecule has 3 heterocycles. The molecule has 0 spiro atoms. The van der Waals surface area contributed by atoms with Crippen LogP contribution in [0.2, 0.25) is 0 Å². The Kier molecular flexibility index (Phi) is 7.47. The number of hydrogen-bond donors (Lipinski definition) is 0. The summed E-state index contributed by atoms with van der Waals surface area (Å²) >= 11 is 0. The van der Waals surface area contributed by atoms with Crippen LogP contribution in [0, 0.1) is 0 Å². The number of benzene rings is 9. The van der Waals surface area contributed by atoms with Gasteiger partial charge in [-0.3, -0.25) is 4.57 Å². The highest BCUT2D eigenvalue weighted by molar-refractivity contribution is 6.29. The summed E-state index contributed by atoms with van der Waals surface area (Å²) in [6.45, 7) is 0. The predicted molar refractivity (Wildman–Crippen MR) is 244 cm³/mol. The fourth-order valence-electron chi connectivity index (χ4n) is 8.88. The summed E-state index contributed by atoms with van der Waals surface area (Å²) in [5.74, 6) is 0.618. The molecule has 0 aliphatic heterocycles. The second kappa shape index (κ2) is 13.3. The van der Waals surface area contributed by atoms with Gasteiger partial charge in [0, 0.05) is 44.2 Å². The lowest BCUT2D eigenvalue weighted by atomic mass is 10.0. The van der Waals surface area contributed by atoms with Gasteiger partial charge in [-0.25, -0.2) is 9.97 Å². The first-order valence-electron chi connectivity index (χ1n) is 19.9. The lowest BCUT2D eigenvalue weighted by Crippen LogP contribution is -2.09. The van der Waals surface area contributed by atoms with Crippen molar-refractivity contribution >= 4 is 82.5 Å². The number of furan rings is 1.